The van der Waals surface area contributed by atoms with E-state index >= 15 is 0 Å². The number of hydrogen-bond donors (Lipinski definition) is 2. The van der Waals surface area contributed by atoms with Crippen molar-refractivity contribution in [2.45, 2.75) is 38.5 Å². The van der Waals surface area contributed by atoms with Gasteiger partial charge < -0.3 is 5.43 Å². The van der Waals surface area contributed by atoms with Crippen LogP contribution >= 0.6 is 0 Å². The number of aromatic nitrogens is 4. The minimum atomic E-state index is 0.428. The van der Waals surface area contributed by atoms with Crippen LogP contribution < -0.4 is 11.3 Å². The van der Waals surface area contributed by atoms with E-state index in [0.29, 0.717) is 11.7 Å². The molecule has 2 aromatic heterocycles. The van der Waals surface area contributed by atoms with Gasteiger partial charge in [-0.2, -0.15) is 5.10 Å². The molecule has 2 atom stereocenters. The molecule has 3 rings (SSSR count). The first-order valence-electron chi connectivity index (χ1n) is 7.50. The summed E-state index contributed by atoms with van der Waals surface area (Å²) in [5.74, 6) is 8.30. The summed E-state index contributed by atoms with van der Waals surface area (Å²) in [7, 11) is 1.90. The monoisotopic (exact) mass is 286 g/mol. The van der Waals surface area contributed by atoms with Crippen molar-refractivity contribution in [3.8, 4) is 11.3 Å². The minimum absolute atomic E-state index is 0.428. The van der Waals surface area contributed by atoms with E-state index in [1.807, 2.05) is 25.5 Å². The van der Waals surface area contributed by atoms with Crippen LogP contribution in [0, 0.1) is 5.92 Å². The van der Waals surface area contributed by atoms with E-state index in [9.17, 15) is 0 Å². The molecule has 1 aliphatic carbocycles. The van der Waals surface area contributed by atoms with E-state index in [-0.39, 0.29) is 0 Å². The van der Waals surface area contributed by atoms with Gasteiger partial charge in [-0.05, 0) is 18.8 Å². The van der Waals surface area contributed by atoms with Gasteiger partial charge in [0.25, 0.3) is 0 Å². The Balaban J connectivity index is 1.96. The molecule has 6 nitrogen and oxygen atoms in total. The van der Waals surface area contributed by atoms with Crippen molar-refractivity contribution in [3.63, 3.8) is 0 Å². The molecular formula is C15H22N6. The summed E-state index contributed by atoms with van der Waals surface area (Å²) < 4.78 is 1.77. The third kappa shape index (κ3) is 3.05. The minimum Gasteiger partial charge on any atom is -0.308 e. The second-order valence-corrected chi connectivity index (χ2v) is 6.01. The van der Waals surface area contributed by atoms with Gasteiger partial charge in [0.05, 0.1) is 11.9 Å². The molecule has 0 radical (unpaired) electrons. The molecule has 112 valence electrons. The van der Waals surface area contributed by atoms with Crippen LogP contribution in [0.15, 0.2) is 18.5 Å². The van der Waals surface area contributed by atoms with Crippen LogP contribution in [0.3, 0.4) is 0 Å². The molecule has 3 N–H and O–H groups in total. The molecule has 0 aromatic carbocycles. The molecule has 1 fully saturated rings. The molecular weight excluding hydrogens is 264 g/mol. The predicted molar refractivity (Wildman–Crippen MR) is 82.4 cm³/mol. The Labute approximate surface area is 124 Å². The van der Waals surface area contributed by atoms with Crippen molar-refractivity contribution in [1.82, 2.24) is 19.7 Å². The van der Waals surface area contributed by atoms with Crippen LogP contribution in [0.25, 0.3) is 11.3 Å². The van der Waals surface area contributed by atoms with Gasteiger partial charge in [0, 0.05) is 30.8 Å². The summed E-state index contributed by atoms with van der Waals surface area (Å²) in [6.07, 6.45) is 8.63. The predicted octanol–water partition coefficient (Wildman–Crippen LogP) is 2.46. The van der Waals surface area contributed by atoms with Gasteiger partial charge in [-0.1, -0.05) is 19.8 Å². The number of aryl methyl sites for hydroxylation is 1. The van der Waals surface area contributed by atoms with Crippen LogP contribution in [-0.2, 0) is 7.05 Å². The highest BCUT2D eigenvalue weighted by molar-refractivity contribution is 5.60. The van der Waals surface area contributed by atoms with Gasteiger partial charge >= 0.3 is 0 Å². The maximum absolute atomic E-state index is 5.57. The summed E-state index contributed by atoms with van der Waals surface area (Å²) in [5.41, 5.74) is 4.52. The Kier molecular flexibility index (Phi) is 3.88. The largest absolute Gasteiger partial charge is 0.308 e. The molecule has 6 heteroatoms. The van der Waals surface area contributed by atoms with E-state index in [4.69, 9.17) is 10.8 Å². The van der Waals surface area contributed by atoms with Gasteiger partial charge in [-0.25, -0.2) is 15.8 Å². The Bertz CT molecular complexity index is 620. The Morgan fingerprint density at radius 3 is 2.86 bits per heavy atom. The summed E-state index contributed by atoms with van der Waals surface area (Å²) in [6.45, 7) is 2.30. The average Bonchev–Trinajstić information content (AvgIpc) is 2.93. The van der Waals surface area contributed by atoms with Gasteiger partial charge in [0.15, 0.2) is 0 Å². The summed E-state index contributed by atoms with van der Waals surface area (Å²) in [4.78, 5) is 9.33. The van der Waals surface area contributed by atoms with Crippen LogP contribution in [0.2, 0.25) is 0 Å². The van der Waals surface area contributed by atoms with Gasteiger partial charge in [-0.15, -0.1) is 0 Å². The molecule has 2 aromatic rings. The lowest BCUT2D eigenvalue weighted by atomic mass is 9.82. The standard InChI is InChI=1S/C15H22N6/c1-10-4-3-5-11(6-10)15-18-13(7-14(19-15)20-16)12-8-17-21(2)9-12/h7-11H,3-6,16H2,1-2H3,(H,18,19,20). The summed E-state index contributed by atoms with van der Waals surface area (Å²) >= 11 is 0. The fourth-order valence-corrected chi connectivity index (χ4v) is 3.09. The molecule has 0 bridgehead atoms. The number of hydrogen-bond acceptors (Lipinski definition) is 5. The fourth-order valence-electron chi connectivity index (χ4n) is 3.09. The quantitative estimate of drug-likeness (QED) is 0.669. The van der Waals surface area contributed by atoms with Crippen LogP contribution in [-0.4, -0.2) is 19.7 Å². The summed E-state index contributed by atoms with van der Waals surface area (Å²) in [6, 6.07) is 1.87. The van der Waals surface area contributed by atoms with E-state index < -0.39 is 0 Å². The van der Waals surface area contributed by atoms with Gasteiger partial charge in [0.1, 0.15) is 11.6 Å². The first-order valence-corrected chi connectivity index (χ1v) is 7.50. The first kappa shape index (κ1) is 14.0. The molecule has 1 saturated carbocycles. The molecule has 0 saturated heterocycles. The average molecular weight is 286 g/mol. The highest BCUT2D eigenvalue weighted by atomic mass is 15.3. The Morgan fingerprint density at radius 2 is 2.19 bits per heavy atom. The normalized spacial score (nSPS) is 22.2. The lowest BCUT2D eigenvalue weighted by Gasteiger charge is -2.26. The van der Waals surface area contributed by atoms with Crippen molar-refractivity contribution in [2.24, 2.45) is 18.8 Å². The maximum atomic E-state index is 5.57. The first-order chi connectivity index (χ1) is 10.2. The van der Waals surface area contributed by atoms with E-state index in [1.165, 1.54) is 12.8 Å². The maximum Gasteiger partial charge on any atom is 0.144 e. The van der Waals surface area contributed by atoms with Gasteiger partial charge in [0.2, 0.25) is 0 Å². The zero-order valence-corrected chi connectivity index (χ0v) is 12.6. The lowest BCUT2D eigenvalue weighted by Crippen LogP contribution is -2.17. The van der Waals surface area contributed by atoms with Gasteiger partial charge in [-0.3, -0.25) is 4.68 Å². The SMILES string of the molecule is CC1CCCC(c2nc(NN)cc(-c3cnn(C)c3)n2)C1. The molecule has 1 aliphatic rings. The zero-order chi connectivity index (χ0) is 14.8. The topological polar surface area (TPSA) is 81.6 Å². The highest BCUT2D eigenvalue weighted by Crippen LogP contribution is 2.35. The number of nitrogens with one attached hydrogen (secondary N) is 1. The second kappa shape index (κ2) is 5.81. The smallest absolute Gasteiger partial charge is 0.144 e. The number of anilines is 1. The number of nitrogens with zero attached hydrogens (tertiary/aromatic N) is 4. The van der Waals surface area contributed by atoms with Crippen molar-refractivity contribution >= 4 is 5.82 Å². The third-order valence-corrected chi connectivity index (χ3v) is 4.19. The van der Waals surface area contributed by atoms with Crippen molar-refractivity contribution in [3.05, 3.63) is 24.3 Å². The number of nitrogen functional groups attached to an aromatic ring is 1. The number of hydrazine groups is 1. The number of rotatable bonds is 3. The highest BCUT2D eigenvalue weighted by Gasteiger charge is 2.23. The van der Waals surface area contributed by atoms with Crippen molar-refractivity contribution in [1.29, 1.82) is 0 Å². The van der Waals surface area contributed by atoms with E-state index in [2.05, 4.69) is 22.4 Å². The lowest BCUT2D eigenvalue weighted by molar-refractivity contribution is 0.335. The van der Waals surface area contributed by atoms with E-state index in [1.54, 1.807) is 4.68 Å². The summed E-state index contributed by atoms with van der Waals surface area (Å²) in [5, 5.41) is 4.21. The second-order valence-electron chi connectivity index (χ2n) is 6.01. The van der Waals surface area contributed by atoms with Crippen LogP contribution in [0.5, 0.6) is 0 Å². The van der Waals surface area contributed by atoms with Crippen molar-refractivity contribution in [2.75, 3.05) is 5.43 Å². The Hall–Kier alpha value is -1.95. The zero-order valence-electron chi connectivity index (χ0n) is 12.6. The van der Waals surface area contributed by atoms with Crippen LogP contribution in [0.4, 0.5) is 5.82 Å². The molecule has 0 aliphatic heterocycles. The van der Waals surface area contributed by atoms with Crippen LogP contribution in [0.1, 0.15) is 44.3 Å². The number of nitrogens with two attached hydrogens (primary N) is 1. The van der Waals surface area contributed by atoms with E-state index in [0.717, 1.165) is 35.8 Å². The molecule has 21 heavy (non-hydrogen) atoms. The fraction of sp³-hybridized carbons (Fsp3) is 0.533. The third-order valence-electron chi connectivity index (χ3n) is 4.19. The molecule has 2 heterocycles. The molecule has 0 amide bonds. The Morgan fingerprint density at radius 1 is 1.33 bits per heavy atom. The molecule has 2 unspecified atom stereocenters. The molecule has 0 spiro atoms. The van der Waals surface area contributed by atoms with Crippen molar-refractivity contribution < 1.29 is 0 Å².